The summed E-state index contributed by atoms with van der Waals surface area (Å²) in [5.41, 5.74) is -0.0122. The Morgan fingerprint density at radius 3 is 2.76 bits per heavy atom. The third kappa shape index (κ3) is 3.81. The van der Waals surface area contributed by atoms with Crippen molar-refractivity contribution in [2.24, 2.45) is 5.92 Å². The van der Waals surface area contributed by atoms with E-state index in [0.29, 0.717) is 12.5 Å². The monoisotopic (exact) mass is 332 g/mol. The largest absolute Gasteiger partial charge is 0.477 e. The molecule has 8 heteroatoms. The van der Waals surface area contributed by atoms with E-state index < -0.39 is 16.0 Å². The molecule has 2 rings (SSSR count). The first-order valence-electron chi connectivity index (χ1n) is 6.84. The highest BCUT2D eigenvalue weighted by molar-refractivity contribution is 7.99. The molecule has 1 atom stereocenters. The molecule has 1 saturated heterocycles. The van der Waals surface area contributed by atoms with Gasteiger partial charge in [-0.3, -0.25) is 0 Å². The molecule has 1 aliphatic rings. The predicted molar refractivity (Wildman–Crippen MR) is 82.4 cm³/mol. The molecule has 1 aromatic rings. The Bertz CT molecular complexity index is 616. The molecule has 0 spiro atoms. The third-order valence-corrected chi connectivity index (χ3v) is 6.12. The van der Waals surface area contributed by atoms with Gasteiger partial charge in [-0.1, -0.05) is 0 Å². The highest BCUT2D eigenvalue weighted by atomic mass is 32.2. The van der Waals surface area contributed by atoms with Gasteiger partial charge in [0.05, 0.1) is 0 Å². The standard InChI is InChI=1S/C13H20N2O4S2/c1-9(2)15-7-11(5-12(15)13(16)17)21(18,19)14-6-10-3-4-20-8-10/h5,7,9-10,14H,3-4,6,8H2,1-2H3,(H,16,17). The average molecular weight is 332 g/mol. The normalized spacial score (nSPS) is 19.3. The maximum atomic E-state index is 12.3. The van der Waals surface area contributed by atoms with Crippen LogP contribution < -0.4 is 4.72 Å². The van der Waals surface area contributed by atoms with Gasteiger partial charge in [0.2, 0.25) is 10.0 Å². The zero-order valence-corrected chi connectivity index (χ0v) is 13.7. The van der Waals surface area contributed by atoms with Gasteiger partial charge in [-0.15, -0.1) is 0 Å². The van der Waals surface area contributed by atoms with Gasteiger partial charge >= 0.3 is 5.97 Å². The van der Waals surface area contributed by atoms with Crippen molar-refractivity contribution < 1.29 is 18.3 Å². The van der Waals surface area contributed by atoms with Crippen LogP contribution in [-0.4, -0.2) is 42.1 Å². The molecule has 6 nitrogen and oxygen atoms in total. The highest BCUT2D eigenvalue weighted by Crippen LogP contribution is 2.24. The Morgan fingerprint density at radius 1 is 1.57 bits per heavy atom. The maximum absolute atomic E-state index is 12.3. The Balaban J connectivity index is 2.19. The zero-order valence-electron chi connectivity index (χ0n) is 12.1. The van der Waals surface area contributed by atoms with Crippen LogP contribution in [0.2, 0.25) is 0 Å². The zero-order chi connectivity index (χ0) is 15.6. The van der Waals surface area contributed by atoms with Crippen LogP contribution in [-0.2, 0) is 10.0 Å². The maximum Gasteiger partial charge on any atom is 0.352 e. The molecule has 0 aliphatic carbocycles. The van der Waals surface area contributed by atoms with Crippen molar-refractivity contribution in [3.63, 3.8) is 0 Å². The molecule has 0 amide bonds. The lowest BCUT2D eigenvalue weighted by Gasteiger charge is -2.10. The van der Waals surface area contributed by atoms with Crippen LogP contribution in [0.3, 0.4) is 0 Å². The van der Waals surface area contributed by atoms with Crippen LogP contribution in [0, 0.1) is 5.92 Å². The number of aromatic nitrogens is 1. The van der Waals surface area contributed by atoms with Crippen molar-refractivity contribution in [2.75, 3.05) is 18.1 Å². The quantitative estimate of drug-likeness (QED) is 0.829. The van der Waals surface area contributed by atoms with E-state index in [-0.39, 0.29) is 16.6 Å². The molecule has 1 aromatic heterocycles. The molecule has 0 saturated carbocycles. The lowest BCUT2D eigenvalue weighted by Crippen LogP contribution is -2.29. The van der Waals surface area contributed by atoms with Crippen molar-refractivity contribution in [1.29, 1.82) is 0 Å². The molecule has 0 radical (unpaired) electrons. The topological polar surface area (TPSA) is 88.4 Å². The fourth-order valence-electron chi connectivity index (χ4n) is 2.25. The number of hydrogen-bond donors (Lipinski definition) is 2. The second-order valence-electron chi connectivity index (χ2n) is 5.45. The summed E-state index contributed by atoms with van der Waals surface area (Å²) in [6, 6.07) is 1.10. The Kier molecular flexibility index (Phi) is 5.00. The average Bonchev–Trinajstić information content (AvgIpc) is 3.06. The van der Waals surface area contributed by atoms with E-state index >= 15 is 0 Å². The van der Waals surface area contributed by atoms with E-state index in [4.69, 9.17) is 5.11 Å². The second-order valence-corrected chi connectivity index (χ2v) is 8.37. The van der Waals surface area contributed by atoms with Crippen LogP contribution in [0.25, 0.3) is 0 Å². The van der Waals surface area contributed by atoms with E-state index in [2.05, 4.69) is 4.72 Å². The fraction of sp³-hybridized carbons (Fsp3) is 0.615. The summed E-state index contributed by atoms with van der Waals surface area (Å²) in [5, 5.41) is 9.16. The van der Waals surface area contributed by atoms with E-state index in [1.807, 2.05) is 25.6 Å². The summed E-state index contributed by atoms with van der Waals surface area (Å²) in [6.07, 6.45) is 2.40. The van der Waals surface area contributed by atoms with E-state index in [1.165, 1.54) is 16.8 Å². The van der Waals surface area contributed by atoms with Gasteiger partial charge in [0.15, 0.2) is 0 Å². The van der Waals surface area contributed by atoms with E-state index in [0.717, 1.165) is 17.9 Å². The summed E-state index contributed by atoms with van der Waals surface area (Å²) in [4.78, 5) is 11.2. The predicted octanol–water partition coefficient (Wildman–Crippen LogP) is 1.80. The summed E-state index contributed by atoms with van der Waals surface area (Å²) >= 11 is 1.83. The molecular formula is C13H20N2O4S2. The minimum Gasteiger partial charge on any atom is -0.477 e. The van der Waals surface area contributed by atoms with Crippen molar-refractivity contribution in [3.05, 3.63) is 18.0 Å². The van der Waals surface area contributed by atoms with Crippen LogP contribution in [0.1, 0.15) is 36.8 Å². The summed E-state index contributed by atoms with van der Waals surface area (Å²) in [7, 11) is -3.66. The van der Waals surface area contributed by atoms with Crippen molar-refractivity contribution in [3.8, 4) is 0 Å². The number of carboxylic acids is 1. The Hall–Kier alpha value is -0.990. The number of sulfonamides is 1. The van der Waals surface area contributed by atoms with Crippen LogP contribution in [0.5, 0.6) is 0 Å². The number of carbonyl (C=O) groups is 1. The van der Waals surface area contributed by atoms with Gasteiger partial charge < -0.3 is 9.67 Å². The SMILES string of the molecule is CC(C)n1cc(S(=O)(=O)NCC2CCSC2)cc1C(=O)O. The minimum atomic E-state index is -3.66. The third-order valence-electron chi connectivity index (χ3n) is 3.50. The van der Waals surface area contributed by atoms with Crippen LogP contribution >= 0.6 is 11.8 Å². The fourth-order valence-corrected chi connectivity index (χ4v) is 4.68. The van der Waals surface area contributed by atoms with Gasteiger partial charge in [-0.2, -0.15) is 11.8 Å². The van der Waals surface area contributed by atoms with E-state index in [1.54, 1.807) is 0 Å². The molecule has 118 valence electrons. The lowest BCUT2D eigenvalue weighted by atomic mass is 10.1. The number of hydrogen-bond acceptors (Lipinski definition) is 4. The molecule has 1 unspecified atom stereocenters. The number of nitrogens with one attached hydrogen (secondary N) is 1. The molecular weight excluding hydrogens is 312 g/mol. The smallest absolute Gasteiger partial charge is 0.352 e. The molecule has 2 N–H and O–H groups in total. The molecule has 1 aliphatic heterocycles. The van der Waals surface area contributed by atoms with Crippen LogP contribution in [0.4, 0.5) is 0 Å². The Labute approximate surface area is 129 Å². The summed E-state index contributed by atoms with van der Waals surface area (Å²) < 4.78 is 28.6. The van der Waals surface area contributed by atoms with Crippen LogP contribution in [0.15, 0.2) is 17.2 Å². The molecule has 1 fully saturated rings. The molecule has 21 heavy (non-hydrogen) atoms. The first-order chi connectivity index (χ1) is 9.81. The van der Waals surface area contributed by atoms with E-state index in [9.17, 15) is 13.2 Å². The van der Waals surface area contributed by atoms with Crippen molar-refractivity contribution >= 4 is 27.8 Å². The minimum absolute atomic E-state index is 0.0122. The first kappa shape index (κ1) is 16.4. The van der Waals surface area contributed by atoms with Gasteiger partial charge in [-0.05, 0) is 43.8 Å². The van der Waals surface area contributed by atoms with Gasteiger partial charge in [0, 0.05) is 18.8 Å². The van der Waals surface area contributed by atoms with Crippen molar-refractivity contribution in [2.45, 2.75) is 31.2 Å². The molecule has 0 bridgehead atoms. The Morgan fingerprint density at radius 2 is 2.29 bits per heavy atom. The first-order valence-corrected chi connectivity index (χ1v) is 9.47. The van der Waals surface area contributed by atoms with Gasteiger partial charge in [0.25, 0.3) is 0 Å². The lowest BCUT2D eigenvalue weighted by molar-refractivity contribution is 0.0683. The summed E-state index contributed by atoms with van der Waals surface area (Å²) in [5.74, 6) is 1.27. The highest BCUT2D eigenvalue weighted by Gasteiger charge is 2.24. The number of aromatic carboxylic acids is 1. The summed E-state index contributed by atoms with van der Waals surface area (Å²) in [6.45, 7) is 4.03. The number of thioether (sulfide) groups is 1. The van der Waals surface area contributed by atoms with Gasteiger partial charge in [-0.25, -0.2) is 17.9 Å². The second kappa shape index (κ2) is 6.41. The van der Waals surface area contributed by atoms with Crippen molar-refractivity contribution in [1.82, 2.24) is 9.29 Å². The van der Waals surface area contributed by atoms with Gasteiger partial charge in [0.1, 0.15) is 10.6 Å². The number of rotatable bonds is 6. The number of nitrogens with zero attached hydrogens (tertiary/aromatic N) is 1. The molecule has 2 heterocycles. The number of carboxylic acid groups (broad SMARTS) is 1. The molecule has 0 aromatic carbocycles.